The number of alkyl halides is 3. The molecule has 19 heavy (non-hydrogen) atoms. The van der Waals surface area contributed by atoms with Gasteiger partial charge in [-0.05, 0) is 19.2 Å². The van der Waals surface area contributed by atoms with E-state index in [4.69, 9.17) is 0 Å². The van der Waals surface area contributed by atoms with Gasteiger partial charge in [0.1, 0.15) is 0 Å². The Morgan fingerprint density at radius 2 is 2.11 bits per heavy atom. The molecule has 2 aromatic rings. The van der Waals surface area contributed by atoms with Gasteiger partial charge in [-0.3, -0.25) is 9.36 Å². The minimum absolute atomic E-state index is 0.0200. The van der Waals surface area contributed by atoms with Crippen LogP contribution in [0.5, 0.6) is 0 Å². The van der Waals surface area contributed by atoms with Crippen molar-refractivity contribution in [2.45, 2.75) is 12.7 Å². The van der Waals surface area contributed by atoms with Gasteiger partial charge < -0.3 is 5.32 Å². The molecule has 4 nitrogen and oxygen atoms in total. The van der Waals surface area contributed by atoms with Gasteiger partial charge in [0.05, 0.1) is 22.8 Å². The number of hydrogen-bond acceptors (Lipinski definition) is 3. The maximum atomic E-state index is 12.8. The number of benzene rings is 1. The average molecular weight is 271 g/mol. The number of rotatable bonds is 3. The van der Waals surface area contributed by atoms with E-state index in [1.54, 1.807) is 7.05 Å². The lowest BCUT2D eigenvalue weighted by Crippen LogP contribution is -2.26. The fourth-order valence-corrected chi connectivity index (χ4v) is 1.81. The number of hydrogen-bond donors (Lipinski definition) is 1. The second-order valence-corrected chi connectivity index (χ2v) is 4.05. The van der Waals surface area contributed by atoms with Crippen molar-refractivity contribution in [1.29, 1.82) is 0 Å². The molecule has 0 saturated heterocycles. The van der Waals surface area contributed by atoms with Crippen LogP contribution < -0.4 is 10.9 Å². The van der Waals surface area contributed by atoms with Gasteiger partial charge in [0.25, 0.3) is 5.56 Å². The maximum Gasteiger partial charge on any atom is 0.418 e. The largest absolute Gasteiger partial charge is 0.418 e. The zero-order chi connectivity index (χ0) is 14.0. The number of fused-ring (bicyclic) bond motifs is 1. The van der Waals surface area contributed by atoms with Gasteiger partial charge in [0, 0.05) is 13.1 Å². The summed E-state index contributed by atoms with van der Waals surface area (Å²) in [6.07, 6.45) is -3.37. The van der Waals surface area contributed by atoms with E-state index in [9.17, 15) is 18.0 Å². The van der Waals surface area contributed by atoms with Crippen LogP contribution in [0.2, 0.25) is 0 Å². The molecule has 0 aliphatic carbocycles. The van der Waals surface area contributed by atoms with Crippen LogP contribution in [0.1, 0.15) is 5.56 Å². The molecule has 0 aliphatic heterocycles. The Balaban J connectivity index is 2.63. The topological polar surface area (TPSA) is 46.9 Å². The first-order valence-corrected chi connectivity index (χ1v) is 5.65. The molecule has 0 spiro atoms. The van der Waals surface area contributed by atoms with Crippen LogP contribution in [0.25, 0.3) is 10.9 Å². The SMILES string of the molecule is CNCCn1cnc2c(C(F)(F)F)cccc2c1=O. The third-order valence-corrected chi connectivity index (χ3v) is 2.76. The predicted octanol–water partition coefficient (Wildman–Crippen LogP) is 1.63. The Bertz CT molecular complexity index is 649. The number of aromatic nitrogens is 2. The molecule has 0 unspecified atom stereocenters. The lowest BCUT2D eigenvalue weighted by Gasteiger charge is -2.11. The molecule has 0 amide bonds. The second kappa shape index (κ2) is 5.00. The Kier molecular flexibility index (Phi) is 3.57. The maximum absolute atomic E-state index is 12.8. The van der Waals surface area contributed by atoms with Crippen molar-refractivity contribution < 1.29 is 13.2 Å². The fraction of sp³-hybridized carbons (Fsp3) is 0.333. The van der Waals surface area contributed by atoms with Crippen molar-refractivity contribution in [3.05, 3.63) is 40.4 Å². The van der Waals surface area contributed by atoms with E-state index in [1.165, 1.54) is 16.7 Å². The summed E-state index contributed by atoms with van der Waals surface area (Å²) in [7, 11) is 1.72. The zero-order valence-electron chi connectivity index (χ0n) is 10.2. The van der Waals surface area contributed by atoms with Gasteiger partial charge in [0.2, 0.25) is 0 Å². The fourth-order valence-electron chi connectivity index (χ4n) is 1.81. The Morgan fingerprint density at radius 3 is 2.74 bits per heavy atom. The molecule has 0 radical (unpaired) electrons. The quantitative estimate of drug-likeness (QED) is 0.923. The van der Waals surface area contributed by atoms with E-state index >= 15 is 0 Å². The van der Waals surface area contributed by atoms with E-state index in [-0.39, 0.29) is 10.9 Å². The first-order valence-electron chi connectivity index (χ1n) is 5.65. The predicted molar refractivity (Wildman–Crippen MR) is 64.9 cm³/mol. The van der Waals surface area contributed by atoms with Gasteiger partial charge in [-0.15, -0.1) is 0 Å². The van der Waals surface area contributed by atoms with Crippen molar-refractivity contribution >= 4 is 10.9 Å². The van der Waals surface area contributed by atoms with Gasteiger partial charge in [-0.1, -0.05) is 6.07 Å². The van der Waals surface area contributed by atoms with Crippen LogP contribution >= 0.6 is 0 Å². The van der Waals surface area contributed by atoms with Gasteiger partial charge in [-0.25, -0.2) is 4.98 Å². The van der Waals surface area contributed by atoms with E-state index in [0.717, 1.165) is 12.4 Å². The summed E-state index contributed by atoms with van der Waals surface area (Å²) in [6, 6.07) is 3.50. The number of halogens is 3. The molecular formula is C12H12F3N3O. The van der Waals surface area contributed by atoms with E-state index in [0.29, 0.717) is 13.1 Å². The number of likely N-dealkylation sites (N-methyl/N-ethyl adjacent to an activating group) is 1. The van der Waals surface area contributed by atoms with Crippen molar-refractivity contribution in [3.8, 4) is 0 Å². The van der Waals surface area contributed by atoms with Crippen LogP contribution in [0.4, 0.5) is 13.2 Å². The first-order chi connectivity index (χ1) is 8.95. The van der Waals surface area contributed by atoms with Crippen LogP contribution in [-0.2, 0) is 12.7 Å². The molecule has 102 valence electrons. The Hall–Kier alpha value is -1.89. The minimum atomic E-state index is -4.52. The van der Waals surface area contributed by atoms with Crippen LogP contribution in [-0.4, -0.2) is 23.1 Å². The van der Waals surface area contributed by atoms with Crippen molar-refractivity contribution in [2.75, 3.05) is 13.6 Å². The van der Waals surface area contributed by atoms with Crippen molar-refractivity contribution in [2.24, 2.45) is 0 Å². The lowest BCUT2D eigenvalue weighted by atomic mass is 10.1. The summed E-state index contributed by atoms with van der Waals surface area (Å²) in [5.41, 5.74) is -1.66. The number of nitrogens with one attached hydrogen (secondary N) is 1. The van der Waals surface area contributed by atoms with E-state index in [1.807, 2.05) is 0 Å². The molecule has 0 aliphatic rings. The standard InChI is InChI=1S/C12H12F3N3O/c1-16-5-6-18-7-17-10-8(11(18)19)3-2-4-9(10)12(13,14)15/h2-4,7,16H,5-6H2,1H3. The molecule has 1 heterocycles. The summed E-state index contributed by atoms with van der Waals surface area (Å²) in [6.45, 7) is 0.889. The van der Waals surface area contributed by atoms with Crippen molar-refractivity contribution in [1.82, 2.24) is 14.9 Å². The smallest absolute Gasteiger partial charge is 0.318 e. The summed E-state index contributed by atoms with van der Waals surface area (Å²) in [5.74, 6) is 0. The summed E-state index contributed by atoms with van der Waals surface area (Å²) >= 11 is 0. The summed E-state index contributed by atoms with van der Waals surface area (Å²) < 4.78 is 39.7. The Morgan fingerprint density at radius 1 is 1.37 bits per heavy atom. The van der Waals surface area contributed by atoms with E-state index in [2.05, 4.69) is 10.3 Å². The number of para-hydroxylation sites is 1. The highest BCUT2D eigenvalue weighted by molar-refractivity contribution is 5.81. The highest BCUT2D eigenvalue weighted by atomic mass is 19.4. The van der Waals surface area contributed by atoms with Gasteiger partial charge in [-0.2, -0.15) is 13.2 Å². The molecule has 1 N–H and O–H groups in total. The highest BCUT2D eigenvalue weighted by Crippen LogP contribution is 2.32. The molecule has 0 fully saturated rings. The second-order valence-electron chi connectivity index (χ2n) is 4.05. The first kappa shape index (κ1) is 13.5. The van der Waals surface area contributed by atoms with Crippen molar-refractivity contribution in [3.63, 3.8) is 0 Å². The molecule has 2 rings (SSSR count). The third-order valence-electron chi connectivity index (χ3n) is 2.76. The highest BCUT2D eigenvalue weighted by Gasteiger charge is 2.33. The number of nitrogens with zero attached hydrogens (tertiary/aromatic N) is 2. The molecule has 0 atom stereocenters. The van der Waals surface area contributed by atoms with Gasteiger partial charge in [0.15, 0.2) is 0 Å². The normalized spacial score (nSPS) is 12.0. The molecule has 1 aromatic carbocycles. The van der Waals surface area contributed by atoms with Crippen LogP contribution in [0, 0.1) is 0 Å². The zero-order valence-corrected chi connectivity index (χ0v) is 10.2. The Labute approximate surface area is 106 Å². The molecular weight excluding hydrogens is 259 g/mol. The summed E-state index contributed by atoms with van der Waals surface area (Å²) in [4.78, 5) is 15.8. The lowest BCUT2D eigenvalue weighted by molar-refractivity contribution is -0.136. The van der Waals surface area contributed by atoms with Gasteiger partial charge >= 0.3 is 6.18 Å². The molecule has 1 aromatic heterocycles. The molecule has 0 bridgehead atoms. The monoisotopic (exact) mass is 271 g/mol. The van der Waals surface area contributed by atoms with E-state index < -0.39 is 17.3 Å². The molecule has 7 heteroatoms. The third kappa shape index (κ3) is 2.60. The summed E-state index contributed by atoms with van der Waals surface area (Å²) in [5, 5.41) is 2.84. The van der Waals surface area contributed by atoms with Crippen LogP contribution in [0.15, 0.2) is 29.3 Å². The van der Waals surface area contributed by atoms with Crippen LogP contribution in [0.3, 0.4) is 0 Å². The molecule has 0 saturated carbocycles. The average Bonchev–Trinajstić information content (AvgIpc) is 2.36. The minimum Gasteiger partial charge on any atom is -0.318 e.